The number of rotatable bonds is 8. The lowest BCUT2D eigenvalue weighted by Crippen LogP contribution is -2.25. The van der Waals surface area contributed by atoms with E-state index in [1.54, 1.807) is 18.2 Å². The molecule has 0 saturated heterocycles. The Morgan fingerprint density at radius 3 is 2.42 bits per heavy atom. The molecule has 3 aromatic rings. The Morgan fingerprint density at radius 2 is 1.69 bits per heavy atom. The molecule has 0 bridgehead atoms. The summed E-state index contributed by atoms with van der Waals surface area (Å²) in [5.41, 5.74) is 2.83. The summed E-state index contributed by atoms with van der Waals surface area (Å²) in [4.78, 5) is 2.14. The van der Waals surface area contributed by atoms with Crippen molar-refractivity contribution in [1.29, 1.82) is 0 Å². The molecule has 0 radical (unpaired) electrons. The van der Waals surface area contributed by atoms with Crippen LogP contribution in [0.5, 0.6) is 0 Å². The highest BCUT2D eigenvalue weighted by Gasteiger charge is 2.11. The molecule has 1 heterocycles. The molecule has 26 heavy (non-hydrogen) atoms. The van der Waals surface area contributed by atoms with E-state index in [4.69, 9.17) is 0 Å². The summed E-state index contributed by atoms with van der Waals surface area (Å²) in [6.45, 7) is 6.34. The summed E-state index contributed by atoms with van der Waals surface area (Å²) in [6, 6.07) is 17.4. The highest BCUT2D eigenvalue weighted by Crippen LogP contribution is 2.15. The highest BCUT2D eigenvalue weighted by molar-refractivity contribution is 5.20. The van der Waals surface area contributed by atoms with Crippen LogP contribution < -0.4 is 0 Å². The van der Waals surface area contributed by atoms with Gasteiger partial charge in [0.15, 0.2) is 0 Å². The fraction of sp³-hybridized carbons (Fsp3) is 0.182. The zero-order valence-corrected chi connectivity index (χ0v) is 14.6. The SMILES string of the molecule is C=CCN(Cc1ccccc1F)Cc1cccn1Cc1ccc(F)cc1. The number of hydrogen-bond acceptors (Lipinski definition) is 1. The van der Waals surface area contributed by atoms with Crippen LogP contribution in [-0.2, 0) is 19.6 Å². The molecule has 2 aromatic carbocycles. The van der Waals surface area contributed by atoms with Crippen molar-refractivity contribution >= 4 is 0 Å². The predicted octanol–water partition coefficient (Wildman–Crippen LogP) is 5.00. The molecule has 0 fully saturated rings. The number of hydrogen-bond donors (Lipinski definition) is 0. The van der Waals surface area contributed by atoms with Gasteiger partial charge in [-0.1, -0.05) is 36.4 Å². The molecule has 0 aliphatic carbocycles. The zero-order chi connectivity index (χ0) is 18.4. The molecular weight excluding hydrogens is 330 g/mol. The molecule has 0 amide bonds. The summed E-state index contributed by atoms with van der Waals surface area (Å²) < 4.78 is 29.2. The zero-order valence-electron chi connectivity index (χ0n) is 14.6. The molecule has 0 aliphatic heterocycles. The number of nitrogens with zero attached hydrogens (tertiary/aromatic N) is 2. The van der Waals surface area contributed by atoms with E-state index in [0.717, 1.165) is 11.3 Å². The molecule has 2 nitrogen and oxygen atoms in total. The van der Waals surface area contributed by atoms with Crippen LogP contribution in [0.1, 0.15) is 16.8 Å². The molecule has 0 saturated carbocycles. The van der Waals surface area contributed by atoms with Gasteiger partial charge in [-0.25, -0.2) is 8.78 Å². The van der Waals surface area contributed by atoms with Crippen LogP contribution in [0.3, 0.4) is 0 Å². The maximum Gasteiger partial charge on any atom is 0.127 e. The maximum absolute atomic E-state index is 14.0. The molecule has 0 aliphatic rings. The first-order chi connectivity index (χ1) is 12.7. The lowest BCUT2D eigenvalue weighted by atomic mass is 10.2. The number of aromatic nitrogens is 1. The molecular formula is C22H22F2N2. The highest BCUT2D eigenvalue weighted by atomic mass is 19.1. The monoisotopic (exact) mass is 352 g/mol. The van der Waals surface area contributed by atoms with E-state index in [0.29, 0.717) is 31.7 Å². The second-order valence-corrected chi connectivity index (χ2v) is 6.30. The third-order valence-corrected chi connectivity index (χ3v) is 4.31. The van der Waals surface area contributed by atoms with Crippen molar-refractivity contribution in [3.8, 4) is 0 Å². The first-order valence-electron chi connectivity index (χ1n) is 8.61. The molecule has 134 valence electrons. The van der Waals surface area contributed by atoms with Crippen molar-refractivity contribution in [1.82, 2.24) is 9.47 Å². The van der Waals surface area contributed by atoms with Crippen molar-refractivity contribution in [2.75, 3.05) is 6.54 Å². The predicted molar refractivity (Wildman–Crippen MR) is 101 cm³/mol. The van der Waals surface area contributed by atoms with Crippen molar-refractivity contribution < 1.29 is 8.78 Å². The Kier molecular flexibility index (Phi) is 5.97. The fourth-order valence-corrected chi connectivity index (χ4v) is 3.00. The summed E-state index contributed by atoms with van der Waals surface area (Å²) >= 11 is 0. The van der Waals surface area contributed by atoms with Gasteiger partial charge >= 0.3 is 0 Å². The molecule has 1 aromatic heterocycles. The smallest absolute Gasteiger partial charge is 0.127 e. The third kappa shape index (κ3) is 4.67. The minimum atomic E-state index is -0.233. The van der Waals surface area contributed by atoms with Crippen molar-refractivity contribution in [2.45, 2.75) is 19.6 Å². The Bertz CT molecular complexity index is 853. The van der Waals surface area contributed by atoms with Gasteiger partial charge in [-0.05, 0) is 35.9 Å². The Labute approximate surface area is 153 Å². The van der Waals surface area contributed by atoms with E-state index in [1.807, 2.05) is 30.5 Å². The van der Waals surface area contributed by atoms with Crippen molar-refractivity contribution in [3.63, 3.8) is 0 Å². The second kappa shape index (κ2) is 8.59. The van der Waals surface area contributed by atoms with E-state index < -0.39 is 0 Å². The number of benzene rings is 2. The fourth-order valence-electron chi connectivity index (χ4n) is 3.00. The van der Waals surface area contributed by atoms with Gasteiger partial charge in [0, 0.05) is 43.6 Å². The van der Waals surface area contributed by atoms with Crippen LogP contribution in [0.2, 0.25) is 0 Å². The minimum absolute atomic E-state index is 0.191. The average molecular weight is 352 g/mol. The van der Waals surface area contributed by atoms with E-state index in [9.17, 15) is 8.78 Å². The normalized spacial score (nSPS) is 11.0. The van der Waals surface area contributed by atoms with Crippen LogP contribution in [-0.4, -0.2) is 16.0 Å². The summed E-state index contributed by atoms with van der Waals surface area (Å²) in [5.74, 6) is -0.424. The van der Waals surface area contributed by atoms with E-state index >= 15 is 0 Å². The van der Waals surface area contributed by atoms with Crippen LogP contribution in [0.15, 0.2) is 79.5 Å². The van der Waals surface area contributed by atoms with Gasteiger partial charge in [-0.2, -0.15) is 0 Å². The summed E-state index contributed by atoms with van der Waals surface area (Å²) in [5, 5.41) is 0. The third-order valence-electron chi connectivity index (χ3n) is 4.31. The van der Waals surface area contributed by atoms with Crippen LogP contribution in [0.25, 0.3) is 0 Å². The van der Waals surface area contributed by atoms with Gasteiger partial charge in [0.2, 0.25) is 0 Å². The topological polar surface area (TPSA) is 8.17 Å². The molecule has 0 spiro atoms. The van der Waals surface area contributed by atoms with Crippen molar-refractivity contribution in [2.24, 2.45) is 0 Å². The van der Waals surface area contributed by atoms with Crippen LogP contribution >= 0.6 is 0 Å². The van der Waals surface area contributed by atoms with Gasteiger partial charge in [0.1, 0.15) is 11.6 Å². The summed E-state index contributed by atoms with van der Waals surface area (Å²) in [7, 11) is 0. The first-order valence-corrected chi connectivity index (χ1v) is 8.61. The Hall–Kier alpha value is -2.72. The molecule has 0 atom stereocenters. The molecule has 3 rings (SSSR count). The van der Waals surface area contributed by atoms with Gasteiger partial charge in [0.25, 0.3) is 0 Å². The van der Waals surface area contributed by atoms with E-state index in [2.05, 4.69) is 22.1 Å². The standard InChI is InChI=1S/C22H22F2N2/c1-2-13-25(16-19-6-3-4-8-22(19)24)17-21-7-5-14-26(21)15-18-9-11-20(23)12-10-18/h2-12,14H,1,13,15-17H2. The second-order valence-electron chi connectivity index (χ2n) is 6.30. The van der Waals surface area contributed by atoms with Gasteiger partial charge < -0.3 is 4.57 Å². The minimum Gasteiger partial charge on any atom is -0.346 e. The Balaban J connectivity index is 1.73. The van der Waals surface area contributed by atoms with E-state index in [1.165, 1.54) is 18.2 Å². The van der Waals surface area contributed by atoms with Gasteiger partial charge in [-0.15, -0.1) is 6.58 Å². The lowest BCUT2D eigenvalue weighted by Gasteiger charge is -2.22. The van der Waals surface area contributed by atoms with E-state index in [-0.39, 0.29) is 11.6 Å². The summed E-state index contributed by atoms with van der Waals surface area (Å²) in [6.07, 6.45) is 3.84. The molecule has 0 N–H and O–H groups in total. The van der Waals surface area contributed by atoms with Crippen LogP contribution in [0, 0.1) is 11.6 Å². The largest absolute Gasteiger partial charge is 0.346 e. The molecule has 0 unspecified atom stereocenters. The lowest BCUT2D eigenvalue weighted by molar-refractivity contribution is 0.274. The quantitative estimate of drug-likeness (QED) is 0.518. The number of halogens is 2. The molecule has 4 heteroatoms. The van der Waals surface area contributed by atoms with Gasteiger partial charge in [0.05, 0.1) is 0 Å². The average Bonchev–Trinajstić information content (AvgIpc) is 3.06. The van der Waals surface area contributed by atoms with Gasteiger partial charge in [-0.3, -0.25) is 4.90 Å². The van der Waals surface area contributed by atoms with Crippen molar-refractivity contribution in [3.05, 3.63) is 108 Å². The Morgan fingerprint density at radius 1 is 0.923 bits per heavy atom. The van der Waals surface area contributed by atoms with Crippen LogP contribution in [0.4, 0.5) is 8.78 Å². The maximum atomic E-state index is 14.0. The first kappa shape index (κ1) is 18.1.